The van der Waals surface area contributed by atoms with Crippen molar-refractivity contribution < 1.29 is 13.5 Å². The highest BCUT2D eigenvalue weighted by Gasteiger charge is 2.14. The first-order chi connectivity index (χ1) is 11.5. The number of rotatable bonds is 5. The molecule has 0 aliphatic carbocycles. The second kappa shape index (κ2) is 6.98. The highest BCUT2D eigenvalue weighted by atomic mass is 32.2. The average Bonchev–Trinajstić information content (AvgIpc) is 2.59. The number of phenolic OH excluding ortho intramolecular Hbond substituents is 1. The van der Waals surface area contributed by atoms with Gasteiger partial charge in [0.2, 0.25) is 0 Å². The van der Waals surface area contributed by atoms with E-state index in [4.69, 9.17) is 0 Å². The van der Waals surface area contributed by atoms with E-state index in [1.54, 1.807) is 24.3 Å². The lowest BCUT2D eigenvalue weighted by molar-refractivity contribution is 0.462. The van der Waals surface area contributed by atoms with Gasteiger partial charge < -0.3 is 5.11 Å². The minimum atomic E-state index is -3.66. The smallest absolute Gasteiger partial charge is 0.261 e. The van der Waals surface area contributed by atoms with Crippen molar-refractivity contribution in [2.45, 2.75) is 14.7 Å². The molecule has 0 saturated carbocycles. The van der Waals surface area contributed by atoms with Crippen molar-refractivity contribution in [2.24, 2.45) is 0 Å². The zero-order valence-corrected chi connectivity index (χ0v) is 14.2. The Bertz CT molecular complexity index is 927. The van der Waals surface area contributed by atoms with Crippen molar-refractivity contribution in [3.05, 3.63) is 78.9 Å². The zero-order valence-electron chi connectivity index (χ0n) is 12.6. The number of nitrogens with one attached hydrogen (secondary N) is 1. The van der Waals surface area contributed by atoms with Crippen molar-refractivity contribution >= 4 is 27.5 Å². The molecule has 0 radical (unpaired) electrons. The van der Waals surface area contributed by atoms with Gasteiger partial charge in [-0.05, 0) is 42.5 Å². The number of phenols is 1. The van der Waals surface area contributed by atoms with E-state index in [-0.39, 0.29) is 10.6 Å². The molecule has 4 nitrogen and oxygen atoms in total. The Hall–Kier alpha value is -2.44. The third kappa shape index (κ3) is 3.90. The highest BCUT2D eigenvalue weighted by molar-refractivity contribution is 7.99. The molecule has 3 aromatic rings. The Morgan fingerprint density at radius 3 is 2.12 bits per heavy atom. The first-order valence-electron chi connectivity index (χ1n) is 7.18. The number of hydrogen-bond donors (Lipinski definition) is 2. The fourth-order valence-electron chi connectivity index (χ4n) is 2.09. The van der Waals surface area contributed by atoms with E-state index >= 15 is 0 Å². The second-order valence-corrected chi connectivity index (χ2v) is 7.81. The summed E-state index contributed by atoms with van der Waals surface area (Å²) in [5.41, 5.74) is 0.398. The second-order valence-electron chi connectivity index (χ2n) is 5.02. The maximum atomic E-state index is 12.4. The first kappa shape index (κ1) is 16.4. The maximum Gasteiger partial charge on any atom is 0.261 e. The Kier molecular flexibility index (Phi) is 4.78. The van der Waals surface area contributed by atoms with Gasteiger partial charge in [-0.15, -0.1) is 0 Å². The van der Waals surface area contributed by atoms with Crippen LogP contribution in [0.3, 0.4) is 0 Å². The van der Waals surface area contributed by atoms with E-state index in [2.05, 4.69) is 4.72 Å². The number of sulfonamides is 1. The molecule has 6 heteroatoms. The van der Waals surface area contributed by atoms with Gasteiger partial charge in [-0.2, -0.15) is 0 Å². The van der Waals surface area contributed by atoms with Gasteiger partial charge in [-0.25, -0.2) is 8.42 Å². The van der Waals surface area contributed by atoms with Gasteiger partial charge in [0.1, 0.15) is 5.75 Å². The van der Waals surface area contributed by atoms with Crippen molar-refractivity contribution in [2.75, 3.05) is 4.72 Å². The summed E-state index contributed by atoms with van der Waals surface area (Å²) in [6.45, 7) is 0. The van der Waals surface area contributed by atoms with E-state index in [1.807, 2.05) is 30.3 Å². The maximum absolute atomic E-state index is 12.4. The number of anilines is 1. The van der Waals surface area contributed by atoms with Crippen LogP contribution in [0.4, 0.5) is 5.69 Å². The first-order valence-corrected chi connectivity index (χ1v) is 9.48. The molecule has 0 amide bonds. The summed E-state index contributed by atoms with van der Waals surface area (Å²) in [4.78, 5) is 1.72. The third-order valence-electron chi connectivity index (χ3n) is 3.24. The van der Waals surface area contributed by atoms with Crippen LogP contribution in [0.15, 0.2) is 93.5 Å². The minimum absolute atomic E-state index is 0.103. The standard InChI is InChI=1S/C18H15NO3S2/c20-17-12-11-14(13-18(17)23-15-7-3-1-4-8-15)19-24(21,22)16-9-5-2-6-10-16/h1-13,19-20H. The van der Waals surface area contributed by atoms with Gasteiger partial charge in [-0.1, -0.05) is 48.2 Å². The molecule has 0 atom stereocenters. The lowest BCUT2D eigenvalue weighted by atomic mass is 10.3. The molecule has 2 N–H and O–H groups in total. The van der Waals surface area contributed by atoms with Gasteiger partial charge in [0.15, 0.2) is 0 Å². The molecular formula is C18H15NO3S2. The average molecular weight is 357 g/mol. The Labute approximate surface area is 145 Å². The van der Waals surface area contributed by atoms with Crippen LogP contribution in [-0.2, 0) is 10.0 Å². The SMILES string of the molecule is O=S(=O)(Nc1ccc(O)c(Sc2ccccc2)c1)c1ccccc1. The van der Waals surface area contributed by atoms with Crippen molar-refractivity contribution in [1.29, 1.82) is 0 Å². The zero-order chi connectivity index (χ0) is 17.0. The Balaban J connectivity index is 1.86. The number of aromatic hydroxyl groups is 1. The fourth-order valence-corrected chi connectivity index (χ4v) is 4.06. The van der Waals surface area contributed by atoms with E-state index in [0.717, 1.165) is 4.90 Å². The summed E-state index contributed by atoms with van der Waals surface area (Å²) in [5.74, 6) is 0.103. The summed E-state index contributed by atoms with van der Waals surface area (Å²) in [5, 5.41) is 10.0. The summed E-state index contributed by atoms with van der Waals surface area (Å²) in [6.07, 6.45) is 0. The van der Waals surface area contributed by atoms with Gasteiger partial charge in [0.25, 0.3) is 10.0 Å². The quantitative estimate of drug-likeness (QED) is 0.667. The lowest BCUT2D eigenvalue weighted by Crippen LogP contribution is -2.12. The molecule has 122 valence electrons. The fraction of sp³-hybridized carbons (Fsp3) is 0. The molecule has 0 aliphatic heterocycles. The van der Waals surface area contributed by atoms with Crippen LogP contribution >= 0.6 is 11.8 Å². The largest absolute Gasteiger partial charge is 0.507 e. The van der Waals surface area contributed by atoms with Crippen LogP contribution in [0.2, 0.25) is 0 Å². The van der Waals surface area contributed by atoms with Crippen LogP contribution in [-0.4, -0.2) is 13.5 Å². The lowest BCUT2D eigenvalue weighted by Gasteiger charge is -2.11. The highest BCUT2D eigenvalue weighted by Crippen LogP contribution is 2.36. The summed E-state index contributed by atoms with van der Waals surface area (Å²) in [7, 11) is -3.66. The molecule has 0 saturated heterocycles. The predicted molar refractivity (Wildman–Crippen MR) is 95.9 cm³/mol. The Morgan fingerprint density at radius 1 is 0.833 bits per heavy atom. The molecule has 0 heterocycles. The van der Waals surface area contributed by atoms with E-state index in [1.165, 1.54) is 36.0 Å². The number of benzene rings is 3. The van der Waals surface area contributed by atoms with Gasteiger partial charge >= 0.3 is 0 Å². The van der Waals surface area contributed by atoms with Gasteiger partial charge in [0, 0.05) is 4.90 Å². The van der Waals surface area contributed by atoms with E-state index < -0.39 is 10.0 Å². The topological polar surface area (TPSA) is 66.4 Å². The van der Waals surface area contributed by atoms with E-state index in [0.29, 0.717) is 10.6 Å². The van der Waals surface area contributed by atoms with E-state index in [9.17, 15) is 13.5 Å². The normalized spacial score (nSPS) is 11.2. The third-order valence-corrected chi connectivity index (χ3v) is 5.69. The van der Waals surface area contributed by atoms with Crippen LogP contribution < -0.4 is 4.72 Å². The van der Waals surface area contributed by atoms with Crippen LogP contribution in [0, 0.1) is 0 Å². The molecule has 0 spiro atoms. The van der Waals surface area contributed by atoms with Gasteiger partial charge in [0.05, 0.1) is 15.5 Å². The molecule has 24 heavy (non-hydrogen) atoms. The van der Waals surface area contributed by atoms with Crippen molar-refractivity contribution in [3.63, 3.8) is 0 Å². The van der Waals surface area contributed by atoms with Crippen LogP contribution in [0.25, 0.3) is 0 Å². The molecule has 0 unspecified atom stereocenters. The van der Waals surface area contributed by atoms with Crippen LogP contribution in [0.1, 0.15) is 0 Å². The molecule has 3 aromatic carbocycles. The molecule has 0 aliphatic rings. The monoisotopic (exact) mass is 357 g/mol. The predicted octanol–water partition coefficient (Wildman–Crippen LogP) is 4.34. The number of hydrogen-bond acceptors (Lipinski definition) is 4. The molecule has 3 rings (SSSR count). The molecular weight excluding hydrogens is 342 g/mol. The van der Waals surface area contributed by atoms with Crippen molar-refractivity contribution in [3.8, 4) is 5.75 Å². The molecule has 0 aromatic heterocycles. The van der Waals surface area contributed by atoms with Crippen molar-refractivity contribution in [1.82, 2.24) is 0 Å². The minimum Gasteiger partial charge on any atom is -0.507 e. The summed E-state index contributed by atoms with van der Waals surface area (Å²) in [6, 6.07) is 22.3. The van der Waals surface area contributed by atoms with Gasteiger partial charge in [-0.3, -0.25) is 4.72 Å². The summed E-state index contributed by atoms with van der Waals surface area (Å²) < 4.78 is 27.3. The van der Waals surface area contributed by atoms with Crippen LogP contribution in [0.5, 0.6) is 5.75 Å². The Morgan fingerprint density at radius 2 is 1.46 bits per heavy atom. The molecule has 0 bridgehead atoms. The molecule has 0 fully saturated rings. The summed E-state index contributed by atoms with van der Waals surface area (Å²) >= 11 is 1.37.